The van der Waals surface area contributed by atoms with Crippen molar-refractivity contribution in [3.05, 3.63) is 17.9 Å². The molecule has 0 saturated carbocycles. The molecule has 2 N–H and O–H groups in total. The Morgan fingerprint density at radius 1 is 1.19 bits per heavy atom. The molecule has 2 amide bonds. The predicted octanol–water partition coefficient (Wildman–Crippen LogP) is 2.57. The molecular formula is C15H16F4N2O5. The van der Waals surface area contributed by atoms with Gasteiger partial charge in [0.2, 0.25) is 0 Å². The number of urea groups is 1. The Hall–Kier alpha value is -2.72. The number of carbonyl (C=O) groups excluding carboxylic acids is 1. The van der Waals surface area contributed by atoms with Crippen LogP contribution in [0.15, 0.2) is 12.1 Å². The summed E-state index contributed by atoms with van der Waals surface area (Å²) >= 11 is 0. The van der Waals surface area contributed by atoms with E-state index in [1.165, 1.54) is 14.2 Å². The molecule has 7 nitrogen and oxygen atoms in total. The summed E-state index contributed by atoms with van der Waals surface area (Å²) in [6.45, 7) is -1.43. The topological polar surface area (TPSA) is 88.1 Å². The monoisotopic (exact) mass is 380 g/mol. The van der Waals surface area contributed by atoms with Crippen molar-refractivity contribution in [2.24, 2.45) is 11.8 Å². The van der Waals surface area contributed by atoms with Gasteiger partial charge in [0.05, 0.1) is 31.7 Å². The Kier molecular flexibility index (Phi) is 5.47. The first-order valence-electron chi connectivity index (χ1n) is 7.35. The zero-order chi connectivity index (χ0) is 19.6. The van der Waals surface area contributed by atoms with Crippen LogP contribution in [-0.4, -0.2) is 55.5 Å². The summed E-state index contributed by atoms with van der Waals surface area (Å²) in [4.78, 5) is 24.0. The molecule has 2 atom stereocenters. The fourth-order valence-corrected chi connectivity index (χ4v) is 2.70. The molecule has 1 heterocycles. The minimum absolute atomic E-state index is 0.0259. The van der Waals surface area contributed by atoms with Crippen molar-refractivity contribution < 1.29 is 41.7 Å². The number of amides is 2. The molecule has 1 aliphatic heterocycles. The Morgan fingerprint density at radius 2 is 1.81 bits per heavy atom. The fraction of sp³-hybridized carbons (Fsp3) is 0.467. The standard InChI is InChI=1S/C15H16F4N2O5/c1-25-11-4-12(26-2)10(3-9(11)16)20-14(24)21-5-7(13(22)23)8(6-21)15(17,18)19/h3-4,7-8H,5-6H2,1-2H3,(H,20,24)(H,22,23)/t7-,8-/m1/s1. The van der Waals surface area contributed by atoms with Gasteiger partial charge in [-0.25, -0.2) is 9.18 Å². The van der Waals surface area contributed by atoms with E-state index in [0.717, 1.165) is 17.0 Å². The number of alkyl halides is 3. The number of carboxylic acid groups (broad SMARTS) is 1. The van der Waals surface area contributed by atoms with E-state index in [2.05, 4.69) is 5.32 Å². The lowest BCUT2D eigenvalue weighted by Gasteiger charge is -2.19. The average molecular weight is 380 g/mol. The summed E-state index contributed by atoms with van der Waals surface area (Å²) in [5, 5.41) is 11.2. The molecule has 2 rings (SSSR count). The molecule has 1 fully saturated rings. The van der Waals surface area contributed by atoms with Gasteiger partial charge < -0.3 is 24.8 Å². The fourth-order valence-electron chi connectivity index (χ4n) is 2.70. The third-order valence-electron chi connectivity index (χ3n) is 4.06. The molecule has 11 heteroatoms. The van der Waals surface area contributed by atoms with Gasteiger partial charge in [-0.3, -0.25) is 4.79 Å². The van der Waals surface area contributed by atoms with Crippen molar-refractivity contribution in [3.63, 3.8) is 0 Å². The molecule has 1 aromatic rings. The third-order valence-corrected chi connectivity index (χ3v) is 4.06. The molecule has 0 spiro atoms. The number of aliphatic carboxylic acids is 1. The number of methoxy groups -OCH3 is 2. The van der Waals surface area contributed by atoms with E-state index in [1.807, 2.05) is 0 Å². The summed E-state index contributed by atoms with van der Waals surface area (Å²) in [7, 11) is 2.47. The highest BCUT2D eigenvalue weighted by Gasteiger charge is 2.53. The maximum absolute atomic E-state index is 13.8. The number of anilines is 1. The van der Waals surface area contributed by atoms with Gasteiger partial charge in [0.1, 0.15) is 5.75 Å². The van der Waals surface area contributed by atoms with Crippen LogP contribution in [0.25, 0.3) is 0 Å². The molecule has 0 radical (unpaired) electrons. The van der Waals surface area contributed by atoms with E-state index in [4.69, 9.17) is 14.6 Å². The van der Waals surface area contributed by atoms with Crippen LogP contribution in [0, 0.1) is 17.7 Å². The van der Waals surface area contributed by atoms with Gasteiger partial charge in [-0.15, -0.1) is 0 Å². The number of benzene rings is 1. The Labute approximate surface area is 145 Å². The number of hydrogen-bond donors (Lipinski definition) is 2. The molecule has 0 bridgehead atoms. The molecule has 0 unspecified atom stereocenters. The number of carboxylic acids is 1. The van der Waals surface area contributed by atoms with E-state index < -0.39 is 48.9 Å². The molecule has 0 aromatic heterocycles. The first kappa shape index (κ1) is 19.6. The highest BCUT2D eigenvalue weighted by atomic mass is 19.4. The maximum Gasteiger partial charge on any atom is 0.394 e. The summed E-state index contributed by atoms with van der Waals surface area (Å²) in [6, 6.07) is 1.06. The zero-order valence-corrected chi connectivity index (χ0v) is 13.8. The lowest BCUT2D eigenvalue weighted by molar-refractivity contribution is -0.187. The quantitative estimate of drug-likeness (QED) is 0.784. The van der Waals surface area contributed by atoms with Crippen LogP contribution in [0.3, 0.4) is 0 Å². The van der Waals surface area contributed by atoms with Crippen molar-refractivity contribution in [3.8, 4) is 11.5 Å². The summed E-state index contributed by atoms with van der Waals surface area (Å²) in [5.41, 5.74) is -0.127. The van der Waals surface area contributed by atoms with Crippen LogP contribution in [0.5, 0.6) is 11.5 Å². The SMILES string of the molecule is COc1cc(OC)c(NC(=O)N2C[C@@H](C(F)(F)F)[C@H](C(=O)O)C2)cc1F. The maximum atomic E-state index is 13.8. The number of halogens is 4. The second-order valence-corrected chi connectivity index (χ2v) is 5.62. The van der Waals surface area contributed by atoms with Gasteiger partial charge in [0.15, 0.2) is 11.6 Å². The minimum atomic E-state index is -4.76. The van der Waals surface area contributed by atoms with E-state index in [9.17, 15) is 27.2 Å². The second-order valence-electron chi connectivity index (χ2n) is 5.62. The van der Waals surface area contributed by atoms with Crippen molar-refractivity contribution in [1.29, 1.82) is 0 Å². The lowest BCUT2D eigenvalue weighted by Crippen LogP contribution is -2.35. The van der Waals surface area contributed by atoms with E-state index in [0.29, 0.717) is 0 Å². The third kappa shape index (κ3) is 3.92. The molecule has 26 heavy (non-hydrogen) atoms. The van der Waals surface area contributed by atoms with Gasteiger partial charge in [-0.05, 0) is 0 Å². The van der Waals surface area contributed by atoms with Gasteiger partial charge in [-0.2, -0.15) is 13.2 Å². The normalized spacial score (nSPS) is 20.0. The van der Waals surface area contributed by atoms with Crippen molar-refractivity contribution in [2.75, 3.05) is 32.6 Å². The average Bonchev–Trinajstić information content (AvgIpc) is 3.01. The van der Waals surface area contributed by atoms with Crippen LogP contribution < -0.4 is 14.8 Å². The van der Waals surface area contributed by atoms with Gasteiger partial charge in [0.25, 0.3) is 0 Å². The van der Waals surface area contributed by atoms with Gasteiger partial charge in [-0.1, -0.05) is 0 Å². The number of hydrogen-bond acceptors (Lipinski definition) is 4. The number of nitrogens with one attached hydrogen (secondary N) is 1. The summed E-state index contributed by atoms with van der Waals surface area (Å²) in [5.74, 6) is -6.53. The van der Waals surface area contributed by atoms with E-state index in [-0.39, 0.29) is 17.2 Å². The molecule has 1 aromatic carbocycles. The molecular weight excluding hydrogens is 364 g/mol. The van der Waals surface area contributed by atoms with Crippen molar-refractivity contribution in [2.45, 2.75) is 6.18 Å². The van der Waals surface area contributed by atoms with Crippen LogP contribution in [0.4, 0.5) is 28.0 Å². The second kappa shape index (κ2) is 7.26. The highest BCUT2D eigenvalue weighted by molar-refractivity contribution is 5.92. The summed E-state index contributed by atoms with van der Waals surface area (Å²) < 4.78 is 62.5. The molecule has 1 saturated heterocycles. The van der Waals surface area contributed by atoms with Crippen molar-refractivity contribution >= 4 is 17.7 Å². The van der Waals surface area contributed by atoms with Crippen LogP contribution in [0.1, 0.15) is 0 Å². The number of nitrogens with zero attached hydrogens (tertiary/aromatic N) is 1. The lowest BCUT2D eigenvalue weighted by atomic mass is 9.96. The van der Waals surface area contributed by atoms with E-state index >= 15 is 0 Å². The molecule has 144 valence electrons. The number of ether oxygens (including phenoxy) is 2. The van der Waals surface area contributed by atoms with Crippen LogP contribution >= 0.6 is 0 Å². The number of rotatable bonds is 4. The Morgan fingerprint density at radius 3 is 2.27 bits per heavy atom. The zero-order valence-electron chi connectivity index (χ0n) is 13.8. The Balaban J connectivity index is 2.21. The smallest absolute Gasteiger partial charge is 0.394 e. The van der Waals surface area contributed by atoms with E-state index in [1.54, 1.807) is 0 Å². The summed E-state index contributed by atoms with van der Waals surface area (Å²) in [6.07, 6.45) is -4.76. The first-order chi connectivity index (χ1) is 12.1. The van der Waals surface area contributed by atoms with Crippen LogP contribution in [-0.2, 0) is 4.79 Å². The number of likely N-dealkylation sites (tertiary alicyclic amines) is 1. The van der Waals surface area contributed by atoms with Crippen LogP contribution in [0.2, 0.25) is 0 Å². The minimum Gasteiger partial charge on any atom is -0.494 e. The van der Waals surface area contributed by atoms with Crippen molar-refractivity contribution in [1.82, 2.24) is 4.90 Å². The Bertz CT molecular complexity index is 710. The first-order valence-corrected chi connectivity index (χ1v) is 7.35. The predicted molar refractivity (Wildman–Crippen MR) is 80.8 cm³/mol. The van der Waals surface area contributed by atoms with Gasteiger partial charge in [0, 0.05) is 25.2 Å². The molecule has 1 aliphatic rings. The number of carbonyl (C=O) groups is 2. The molecule has 0 aliphatic carbocycles. The van der Waals surface area contributed by atoms with Gasteiger partial charge >= 0.3 is 18.2 Å². The largest absolute Gasteiger partial charge is 0.494 e. The highest BCUT2D eigenvalue weighted by Crippen LogP contribution is 2.38.